The standard InChI is InChI=1S/C10H23N/c1-5-11-8-10(4)7-6-9(2)3/h9-11H,5-8H2,1-4H3. The summed E-state index contributed by atoms with van der Waals surface area (Å²) in [7, 11) is 0. The highest BCUT2D eigenvalue weighted by Gasteiger charge is 2.01. The molecule has 0 spiro atoms. The molecule has 68 valence electrons. The van der Waals surface area contributed by atoms with Gasteiger partial charge in [-0.1, -0.05) is 34.1 Å². The Balaban J connectivity index is 3.15. The maximum atomic E-state index is 3.37. The van der Waals surface area contributed by atoms with Gasteiger partial charge in [0.1, 0.15) is 0 Å². The molecule has 0 aromatic carbocycles. The molecule has 0 radical (unpaired) electrons. The first-order valence-electron chi connectivity index (χ1n) is 4.87. The minimum Gasteiger partial charge on any atom is -0.317 e. The van der Waals surface area contributed by atoms with Crippen LogP contribution < -0.4 is 5.32 Å². The third kappa shape index (κ3) is 7.86. The van der Waals surface area contributed by atoms with E-state index in [9.17, 15) is 0 Å². The van der Waals surface area contributed by atoms with E-state index in [1.807, 2.05) is 0 Å². The van der Waals surface area contributed by atoms with Crippen molar-refractivity contribution in [3.8, 4) is 0 Å². The Bertz CT molecular complexity index is 78.9. The molecule has 1 nitrogen and oxygen atoms in total. The van der Waals surface area contributed by atoms with Crippen LogP contribution >= 0.6 is 0 Å². The van der Waals surface area contributed by atoms with E-state index < -0.39 is 0 Å². The summed E-state index contributed by atoms with van der Waals surface area (Å²) in [6.45, 7) is 11.4. The van der Waals surface area contributed by atoms with E-state index in [2.05, 4.69) is 33.0 Å². The minimum absolute atomic E-state index is 0.845. The fourth-order valence-electron chi connectivity index (χ4n) is 1.11. The molecule has 0 aromatic rings. The van der Waals surface area contributed by atoms with Crippen LogP contribution in [0.5, 0.6) is 0 Å². The Morgan fingerprint density at radius 1 is 1.09 bits per heavy atom. The first-order valence-corrected chi connectivity index (χ1v) is 4.87. The normalized spacial score (nSPS) is 13.9. The first kappa shape index (κ1) is 11.0. The van der Waals surface area contributed by atoms with Gasteiger partial charge in [-0.3, -0.25) is 0 Å². The molecular weight excluding hydrogens is 134 g/mol. The van der Waals surface area contributed by atoms with E-state index in [0.29, 0.717) is 0 Å². The van der Waals surface area contributed by atoms with Crippen LogP contribution in [0.3, 0.4) is 0 Å². The van der Waals surface area contributed by atoms with Crippen molar-refractivity contribution in [2.45, 2.75) is 40.5 Å². The molecule has 0 aliphatic rings. The van der Waals surface area contributed by atoms with Crippen LogP contribution in [0.2, 0.25) is 0 Å². The molecule has 0 fully saturated rings. The Morgan fingerprint density at radius 2 is 1.73 bits per heavy atom. The Kier molecular flexibility index (Phi) is 6.63. The molecule has 1 heteroatoms. The highest BCUT2D eigenvalue weighted by atomic mass is 14.8. The average molecular weight is 157 g/mol. The third-order valence-corrected chi connectivity index (χ3v) is 1.98. The lowest BCUT2D eigenvalue weighted by atomic mass is 9.99. The maximum absolute atomic E-state index is 3.37. The summed E-state index contributed by atoms with van der Waals surface area (Å²) in [6.07, 6.45) is 2.73. The van der Waals surface area contributed by atoms with Crippen LogP contribution in [-0.4, -0.2) is 13.1 Å². The Hall–Kier alpha value is -0.0400. The monoisotopic (exact) mass is 157 g/mol. The zero-order chi connectivity index (χ0) is 8.69. The molecule has 0 amide bonds. The second-order valence-electron chi connectivity index (χ2n) is 3.88. The fourth-order valence-corrected chi connectivity index (χ4v) is 1.11. The van der Waals surface area contributed by atoms with Gasteiger partial charge in [0.15, 0.2) is 0 Å². The van der Waals surface area contributed by atoms with Crippen molar-refractivity contribution < 1.29 is 0 Å². The predicted molar refractivity (Wildman–Crippen MR) is 51.8 cm³/mol. The summed E-state index contributed by atoms with van der Waals surface area (Å²) in [6, 6.07) is 0. The molecule has 0 saturated carbocycles. The van der Waals surface area contributed by atoms with Gasteiger partial charge in [0.05, 0.1) is 0 Å². The zero-order valence-corrected chi connectivity index (χ0v) is 8.48. The fraction of sp³-hybridized carbons (Fsp3) is 1.00. The van der Waals surface area contributed by atoms with Crippen molar-refractivity contribution in [2.24, 2.45) is 11.8 Å². The molecule has 1 atom stereocenters. The summed E-state index contributed by atoms with van der Waals surface area (Å²) in [4.78, 5) is 0. The number of hydrogen-bond acceptors (Lipinski definition) is 1. The van der Waals surface area contributed by atoms with Crippen molar-refractivity contribution in [1.29, 1.82) is 0 Å². The second kappa shape index (κ2) is 6.66. The quantitative estimate of drug-likeness (QED) is 0.625. The van der Waals surface area contributed by atoms with Gasteiger partial charge in [-0.05, 0) is 31.3 Å². The molecule has 0 saturated heterocycles. The molecule has 1 unspecified atom stereocenters. The van der Waals surface area contributed by atoms with Gasteiger partial charge in [0.2, 0.25) is 0 Å². The van der Waals surface area contributed by atoms with E-state index in [-0.39, 0.29) is 0 Å². The summed E-state index contributed by atoms with van der Waals surface area (Å²) >= 11 is 0. The molecule has 0 rings (SSSR count). The lowest BCUT2D eigenvalue weighted by Crippen LogP contribution is -2.20. The molecule has 0 aromatic heterocycles. The van der Waals surface area contributed by atoms with Crippen molar-refractivity contribution in [2.75, 3.05) is 13.1 Å². The SMILES string of the molecule is CCNCC(C)CCC(C)C. The van der Waals surface area contributed by atoms with Crippen molar-refractivity contribution in [3.63, 3.8) is 0 Å². The van der Waals surface area contributed by atoms with Gasteiger partial charge >= 0.3 is 0 Å². The molecule has 0 aliphatic carbocycles. The molecular formula is C10H23N. The van der Waals surface area contributed by atoms with Crippen LogP contribution in [-0.2, 0) is 0 Å². The topological polar surface area (TPSA) is 12.0 Å². The summed E-state index contributed by atoms with van der Waals surface area (Å²) in [5, 5.41) is 3.37. The number of hydrogen-bond donors (Lipinski definition) is 1. The highest BCUT2D eigenvalue weighted by molar-refractivity contribution is 4.57. The molecule has 0 aliphatic heterocycles. The summed E-state index contributed by atoms with van der Waals surface area (Å²) in [5.74, 6) is 1.71. The molecule has 1 N–H and O–H groups in total. The van der Waals surface area contributed by atoms with E-state index in [1.54, 1.807) is 0 Å². The van der Waals surface area contributed by atoms with Crippen molar-refractivity contribution in [3.05, 3.63) is 0 Å². The minimum atomic E-state index is 0.845. The van der Waals surface area contributed by atoms with E-state index in [1.165, 1.54) is 19.4 Å². The largest absolute Gasteiger partial charge is 0.317 e. The Morgan fingerprint density at radius 3 is 2.18 bits per heavy atom. The van der Waals surface area contributed by atoms with Crippen LogP contribution in [0.15, 0.2) is 0 Å². The lowest BCUT2D eigenvalue weighted by Gasteiger charge is -2.12. The van der Waals surface area contributed by atoms with Gasteiger partial charge in [-0.25, -0.2) is 0 Å². The van der Waals surface area contributed by atoms with Crippen LogP contribution in [0, 0.1) is 11.8 Å². The van der Waals surface area contributed by atoms with Crippen LogP contribution in [0.4, 0.5) is 0 Å². The van der Waals surface area contributed by atoms with E-state index in [4.69, 9.17) is 0 Å². The van der Waals surface area contributed by atoms with Gasteiger partial charge in [0, 0.05) is 0 Å². The predicted octanol–water partition coefficient (Wildman–Crippen LogP) is 2.67. The number of rotatable bonds is 6. The molecule has 0 heterocycles. The smallest absolute Gasteiger partial charge is 0.00233 e. The molecule has 11 heavy (non-hydrogen) atoms. The molecule has 0 bridgehead atoms. The summed E-state index contributed by atoms with van der Waals surface area (Å²) < 4.78 is 0. The van der Waals surface area contributed by atoms with Gasteiger partial charge in [-0.2, -0.15) is 0 Å². The van der Waals surface area contributed by atoms with Crippen LogP contribution in [0.25, 0.3) is 0 Å². The lowest BCUT2D eigenvalue weighted by molar-refractivity contribution is 0.430. The van der Waals surface area contributed by atoms with Gasteiger partial charge in [-0.15, -0.1) is 0 Å². The maximum Gasteiger partial charge on any atom is -0.00233 e. The Labute approximate surface area is 71.6 Å². The third-order valence-electron chi connectivity index (χ3n) is 1.98. The first-order chi connectivity index (χ1) is 5.16. The second-order valence-corrected chi connectivity index (χ2v) is 3.88. The van der Waals surface area contributed by atoms with E-state index >= 15 is 0 Å². The van der Waals surface area contributed by atoms with Gasteiger partial charge in [0.25, 0.3) is 0 Å². The summed E-state index contributed by atoms with van der Waals surface area (Å²) in [5.41, 5.74) is 0. The van der Waals surface area contributed by atoms with Crippen molar-refractivity contribution >= 4 is 0 Å². The number of nitrogens with one attached hydrogen (secondary N) is 1. The van der Waals surface area contributed by atoms with Crippen molar-refractivity contribution in [1.82, 2.24) is 5.32 Å². The highest BCUT2D eigenvalue weighted by Crippen LogP contribution is 2.10. The zero-order valence-electron chi connectivity index (χ0n) is 8.48. The van der Waals surface area contributed by atoms with Gasteiger partial charge < -0.3 is 5.32 Å². The van der Waals surface area contributed by atoms with E-state index in [0.717, 1.165) is 18.4 Å². The average Bonchev–Trinajstić information content (AvgIpc) is 1.97. The van der Waals surface area contributed by atoms with Crippen LogP contribution in [0.1, 0.15) is 40.5 Å².